The summed E-state index contributed by atoms with van der Waals surface area (Å²) in [5.41, 5.74) is 0.815. The molecule has 0 bridgehead atoms. The van der Waals surface area contributed by atoms with Crippen molar-refractivity contribution >= 4 is 19.7 Å². The molecule has 158 valence electrons. The molecule has 1 N–H and O–H groups in total. The summed E-state index contributed by atoms with van der Waals surface area (Å²) in [6.07, 6.45) is -1.86. The van der Waals surface area contributed by atoms with Gasteiger partial charge in [-0.2, -0.15) is 0 Å². The first kappa shape index (κ1) is 24.1. The molecule has 0 saturated heterocycles. The highest BCUT2D eigenvalue weighted by Gasteiger charge is 2.43. The van der Waals surface area contributed by atoms with E-state index in [0.717, 1.165) is 5.56 Å². The topological polar surface area (TPSA) is 100 Å². The van der Waals surface area contributed by atoms with Gasteiger partial charge >= 0.3 is 19.7 Å². The summed E-state index contributed by atoms with van der Waals surface area (Å²) in [5.74, 6) is -2.30. The van der Waals surface area contributed by atoms with Gasteiger partial charge in [-0.1, -0.05) is 58.0 Å². The number of methoxy groups -OCH3 is 1. The molecule has 0 radical (unpaired) electrons. The summed E-state index contributed by atoms with van der Waals surface area (Å²) in [6.45, 7) is 7.02. The first-order chi connectivity index (χ1) is 13.1. The molecule has 1 rings (SSSR count). The third-order valence-corrected chi connectivity index (χ3v) is 6.44. The van der Waals surface area contributed by atoms with Crippen LogP contribution in [0.5, 0.6) is 0 Å². The molecule has 1 aromatic rings. The van der Waals surface area contributed by atoms with Crippen LogP contribution in [0.3, 0.4) is 0 Å². The molecule has 0 aliphatic rings. The van der Waals surface area contributed by atoms with Crippen LogP contribution in [0.1, 0.15) is 33.3 Å². The lowest BCUT2D eigenvalue weighted by Gasteiger charge is -2.32. The maximum absolute atomic E-state index is 13.3. The van der Waals surface area contributed by atoms with Crippen LogP contribution in [0.4, 0.5) is 4.79 Å². The summed E-state index contributed by atoms with van der Waals surface area (Å²) < 4.78 is 34.0. The molecule has 0 aliphatic heterocycles. The quantitative estimate of drug-likeness (QED) is 0.456. The molecule has 3 atom stereocenters. The van der Waals surface area contributed by atoms with Gasteiger partial charge in [0.1, 0.15) is 12.4 Å². The highest BCUT2D eigenvalue weighted by molar-refractivity contribution is 7.54. The van der Waals surface area contributed by atoms with E-state index in [1.807, 2.05) is 30.3 Å². The van der Waals surface area contributed by atoms with Crippen molar-refractivity contribution in [1.29, 1.82) is 0 Å². The third-order valence-electron chi connectivity index (χ3n) is 4.00. The van der Waals surface area contributed by atoms with E-state index in [4.69, 9.17) is 18.5 Å². The Hall–Kier alpha value is -1.89. The molecule has 9 heteroatoms. The van der Waals surface area contributed by atoms with Crippen LogP contribution in [0.2, 0.25) is 0 Å². The minimum atomic E-state index is -3.91. The third kappa shape index (κ3) is 6.93. The van der Waals surface area contributed by atoms with Gasteiger partial charge in [-0.15, -0.1) is 0 Å². The van der Waals surface area contributed by atoms with Gasteiger partial charge in [0, 0.05) is 7.11 Å². The summed E-state index contributed by atoms with van der Waals surface area (Å²) in [4.78, 5) is 24.2. The minimum Gasteiger partial charge on any atom is -0.467 e. The second-order valence-electron chi connectivity index (χ2n) is 6.91. The summed E-state index contributed by atoms with van der Waals surface area (Å²) in [6, 6.07) is 9.16. The second-order valence-corrected chi connectivity index (χ2v) is 9.12. The average Bonchev–Trinajstić information content (AvgIpc) is 2.68. The Bertz CT molecular complexity index is 678. The number of esters is 1. The van der Waals surface area contributed by atoms with E-state index >= 15 is 0 Å². The number of rotatable bonds is 10. The summed E-state index contributed by atoms with van der Waals surface area (Å²) in [7, 11) is -1.48. The molecule has 8 nitrogen and oxygen atoms in total. The van der Waals surface area contributed by atoms with Crippen molar-refractivity contribution in [2.24, 2.45) is 11.8 Å². The van der Waals surface area contributed by atoms with Crippen LogP contribution in [-0.4, -0.2) is 38.2 Å². The number of hydrogen-bond acceptors (Lipinski definition) is 7. The van der Waals surface area contributed by atoms with E-state index in [9.17, 15) is 14.2 Å². The number of carbonyl (C=O) groups excluding carboxylic acids is 2. The monoisotopic (exact) mass is 415 g/mol. The number of benzene rings is 1. The predicted molar refractivity (Wildman–Crippen MR) is 105 cm³/mol. The number of ether oxygens (including phenoxy) is 2. The van der Waals surface area contributed by atoms with E-state index in [-0.39, 0.29) is 18.4 Å². The Morgan fingerprint density at radius 3 is 2.11 bits per heavy atom. The Labute approximate surface area is 166 Å². The van der Waals surface area contributed by atoms with Crippen molar-refractivity contribution in [2.75, 3.05) is 14.2 Å². The van der Waals surface area contributed by atoms with Gasteiger partial charge in [-0.3, -0.25) is 9.09 Å². The fourth-order valence-electron chi connectivity index (χ4n) is 2.43. The van der Waals surface area contributed by atoms with Crippen molar-refractivity contribution in [3.63, 3.8) is 0 Å². The Morgan fingerprint density at radius 1 is 1.04 bits per heavy atom. The van der Waals surface area contributed by atoms with Crippen LogP contribution in [0.25, 0.3) is 0 Å². The largest absolute Gasteiger partial charge is 0.467 e. The minimum absolute atomic E-state index is 0.0619. The van der Waals surface area contributed by atoms with Gasteiger partial charge in [0.25, 0.3) is 0 Å². The van der Waals surface area contributed by atoms with E-state index in [0.29, 0.717) is 0 Å². The van der Waals surface area contributed by atoms with Crippen LogP contribution in [0.15, 0.2) is 30.3 Å². The van der Waals surface area contributed by atoms with Crippen LogP contribution < -0.4 is 5.32 Å². The number of carbonyl (C=O) groups is 2. The zero-order chi connectivity index (χ0) is 21.3. The standard InChI is InChI=1S/C19H30NO7P/c1-13(2)16(18(21)24-5)27-28(23,25-6)17(14(3)4)20-19(22)26-12-15-10-8-7-9-11-15/h7-11,13-14,16-17H,12H2,1-6H3,(H,20,22)/t16-,17-,28?/m0/s1. The molecular weight excluding hydrogens is 385 g/mol. The predicted octanol–water partition coefficient (Wildman–Crippen LogP) is 3.95. The van der Waals surface area contributed by atoms with Crippen LogP contribution in [0, 0.1) is 11.8 Å². The smallest absolute Gasteiger partial charge is 0.408 e. The number of alkyl carbamates (subject to hydrolysis) is 1. The van der Waals surface area contributed by atoms with Crippen LogP contribution >= 0.6 is 7.60 Å². The highest BCUT2D eigenvalue weighted by Crippen LogP contribution is 2.55. The molecule has 0 spiro atoms. The van der Waals surface area contributed by atoms with E-state index < -0.39 is 31.5 Å². The van der Waals surface area contributed by atoms with Crippen molar-refractivity contribution in [1.82, 2.24) is 5.32 Å². The van der Waals surface area contributed by atoms with Crippen molar-refractivity contribution < 1.29 is 32.7 Å². The van der Waals surface area contributed by atoms with Gasteiger partial charge in [-0.05, 0) is 17.4 Å². The molecule has 0 heterocycles. The molecule has 0 fully saturated rings. The van der Waals surface area contributed by atoms with Crippen molar-refractivity contribution in [3.8, 4) is 0 Å². The van der Waals surface area contributed by atoms with Gasteiger partial charge in [0.15, 0.2) is 6.10 Å². The molecule has 0 saturated carbocycles. The molecule has 0 aromatic heterocycles. The van der Waals surface area contributed by atoms with E-state index in [2.05, 4.69) is 5.32 Å². The number of amides is 1. The molecule has 1 unspecified atom stereocenters. The molecule has 0 aliphatic carbocycles. The molecule has 28 heavy (non-hydrogen) atoms. The van der Waals surface area contributed by atoms with Crippen molar-refractivity contribution in [3.05, 3.63) is 35.9 Å². The lowest BCUT2D eigenvalue weighted by atomic mass is 10.1. The van der Waals surface area contributed by atoms with Crippen molar-refractivity contribution in [2.45, 2.75) is 46.2 Å². The lowest BCUT2D eigenvalue weighted by molar-refractivity contribution is -0.151. The highest BCUT2D eigenvalue weighted by atomic mass is 31.2. The maximum Gasteiger partial charge on any atom is 0.408 e. The first-order valence-electron chi connectivity index (χ1n) is 9.03. The summed E-state index contributed by atoms with van der Waals surface area (Å²) >= 11 is 0. The normalized spacial score (nSPS) is 15.6. The van der Waals surface area contributed by atoms with Gasteiger partial charge < -0.3 is 19.3 Å². The molecule has 1 aromatic carbocycles. The fourth-order valence-corrected chi connectivity index (χ4v) is 4.51. The SMILES string of the molecule is COC(=O)[C@@H](OP(=O)(OC)[C@H](NC(=O)OCc1ccccc1)C(C)C)C(C)C. The maximum atomic E-state index is 13.3. The molecular formula is C19H30NO7P. The van der Waals surface area contributed by atoms with Gasteiger partial charge in [-0.25, -0.2) is 9.59 Å². The zero-order valence-corrected chi connectivity index (χ0v) is 18.1. The Morgan fingerprint density at radius 2 is 1.64 bits per heavy atom. The van der Waals surface area contributed by atoms with E-state index in [1.54, 1.807) is 27.7 Å². The lowest BCUT2D eigenvalue weighted by Crippen LogP contribution is -2.41. The zero-order valence-electron chi connectivity index (χ0n) is 17.2. The fraction of sp³-hybridized carbons (Fsp3) is 0.579. The first-order valence-corrected chi connectivity index (χ1v) is 10.6. The van der Waals surface area contributed by atoms with E-state index in [1.165, 1.54) is 14.2 Å². The van der Waals surface area contributed by atoms with Crippen LogP contribution in [-0.2, 0) is 34.5 Å². The second kappa shape index (κ2) is 11.2. The number of hydrogen-bond donors (Lipinski definition) is 1. The summed E-state index contributed by atoms with van der Waals surface area (Å²) in [5, 5.41) is 2.55. The number of nitrogens with one attached hydrogen (secondary N) is 1. The Balaban J connectivity index is 2.91. The average molecular weight is 415 g/mol. The molecule has 1 amide bonds. The Kier molecular flexibility index (Phi) is 9.65. The van der Waals surface area contributed by atoms with Gasteiger partial charge in [0.05, 0.1) is 7.11 Å². The van der Waals surface area contributed by atoms with Gasteiger partial charge in [0.2, 0.25) is 0 Å².